The average molecular weight is 274 g/mol. The van der Waals surface area contributed by atoms with Crippen LogP contribution in [0.2, 0.25) is 0 Å². The molecule has 0 spiro atoms. The molecule has 5 heteroatoms. The zero-order valence-corrected chi connectivity index (χ0v) is 11.9. The molecule has 5 nitrogen and oxygen atoms in total. The minimum Gasteiger partial charge on any atom is -0.393 e. The summed E-state index contributed by atoms with van der Waals surface area (Å²) in [6.07, 6.45) is 11.8. The number of fused-ring (bicyclic) bond motifs is 1. The molecule has 1 saturated carbocycles. The van der Waals surface area contributed by atoms with Crippen molar-refractivity contribution in [1.82, 2.24) is 19.3 Å². The predicted molar refractivity (Wildman–Crippen MR) is 77.3 cm³/mol. The first kappa shape index (κ1) is 13.5. The molecule has 108 valence electrons. The first-order valence-electron chi connectivity index (χ1n) is 7.36. The molecular weight excluding hydrogens is 252 g/mol. The van der Waals surface area contributed by atoms with Crippen LogP contribution in [0, 0.1) is 5.92 Å². The molecule has 2 unspecified atom stereocenters. The molecular formula is C15H22N4O. The lowest BCUT2D eigenvalue weighted by molar-refractivity contribution is 0.0499. The van der Waals surface area contributed by atoms with Crippen molar-refractivity contribution in [3.8, 4) is 0 Å². The molecule has 0 amide bonds. The van der Waals surface area contributed by atoms with Crippen LogP contribution in [0.5, 0.6) is 0 Å². The highest BCUT2D eigenvalue weighted by Gasteiger charge is 2.24. The largest absolute Gasteiger partial charge is 0.393 e. The molecule has 2 aromatic rings. The Morgan fingerprint density at radius 1 is 1.35 bits per heavy atom. The van der Waals surface area contributed by atoms with E-state index in [4.69, 9.17) is 0 Å². The van der Waals surface area contributed by atoms with Gasteiger partial charge in [-0.25, -0.2) is 4.98 Å². The van der Waals surface area contributed by atoms with Gasteiger partial charge in [0.05, 0.1) is 24.2 Å². The van der Waals surface area contributed by atoms with Gasteiger partial charge in [-0.3, -0.25) is 9.38 Å². The third-order valence-electron chi connectivity index (χ3n) is 4.24. The van der Waals surface area contributed by atoms with Gasteiger partial charge in [-0.2, -0.15) is 0 Å². The quantitative estimate of drug-likeness (QED) is 0.922. The number of hydrogen-bond donors (Lipinski definition) is 1. The van der Waals surface area contributed by atoms with Gasteiger partial charge in [0.15, 0.2) is 5.65 Å². The number of aliphatic hydroxyl groups excluding tert-OH is 1. The summed E-state index contributed by atoms with van der Waals surface area (Å²) in [5.74, 6) is 0.412. The van der Waals surface area contributed by atoms with Crippen molar-refractivity contribution in [2.45, 2.75) is 38.3 Å². The fraction of sp³-hybridized carbons (Fsp3) is 0.600. The molecule has 3 rings (SSSR count). The van der Waals surface area contributed by atoms with Crippen LogP contribution in [0.3, 0.4) is 0 Å². The van der Waals surface area contributed by atoms with Gasteiger partial charge in [-0.15, -0.1) is 0 Å². The van der Waals surface area contributed by atoms with Crippen molar-refractivity contribution in [3.05, 3.63) is 30.5 Å². The molecule has 1 fully saturated rings. The predicted octanol–water partition coefficient (Wildman–Crippen LogP) is 1.71. The van der Waals surface area contributed by atoms with E-state index in [1.165, 1.54) is 12.8 Å². The molecule has 2 aromatic heterocycles. The summed E-state index contributed by atoms with van der Waals surface area (Å²) in [6, 6.07) is 0. The fourth-order valence-corrected chi connectivity index (χ4v) is 3.15. The van der Waals surface area contributed by atoms with Crippen LogP contribution in [0.4, 0.5) is 0 Å². The van der Waals surface area contributed by atoms with E-state index in [0.29, 0.717) is 5.92 Å². The zero-order chi connectivity index (χ0) is 13.9. The molecule has 0 saturated heterocycles. The zero-order valence-electron chi connectivity index (χ0n) is 11.9. The summed E-state index contributed by atoms with van der Waals surface area (Å²) in [4.78, 5) is 10.7. The third-order valence-corrected chi connectivity index (χ3v) is 4.24. The van der Waals surface area contributed by atoms with Gasteiger partial charge in [0.25, 0.3) is 0 Å². The maximum absolute atomic E-state index is 10.1. The lowest BCUT2D eigenvalue weighted by Gasteiger charge is -2.31. The third kappa shape index (κ3) is 2.83. The molecule has 0 aromatic carbocycles. The molecule has 2 atom stereocenters. The maximum atomic E-state index is 10.1. The minimum absolute atomic E-state index is 0.127. The topological polar surface area (TPSA) is 53.7 Å². The number of hydrogen-bond acceptors (Lipinski definition) is 4. The highest BCUT2D eigenvalue weighted by Crippen LogP contribution is 2.25. The van der Waals surface area contributed by atoms with Gasteiger partial charge in [0.1, 0.15) is 0 Å². The van der Waals surface area contributed by atoms with E-state index >= 15 is 0 Å². The van der Waals surface area contributed by atoms with Crippen LogP contribution in [0.1, 0.15) is 31.4 Å². The average Bonchev–Trinajstić information content (AvgIpc) is 2.85. The van der Waals surface area contributed by atoms with E-state index in [0.717, 1.165) is 37.3 Å². The van der Waals surface area contributed by atoms with Gasteiger partial charge >= 0.3 is 0 Å². The van der Waals surface area contributed by atoms with E-state index in [1.807, 2.05) is 12.4 Å². The summed E-state index contributed by atoms with van der Waals surface area (Å²) in [5.41, 5.74) is 2.05. The molecule has 1 N–H and O–H groups in total. The number of aliphatic hydroxyl groups is 1. The van der Waals surface area contributed by atoms with Crippen molar-refractivity contribution in [3.63, 3.8) is 0 Å². The standard InChI is InChI=1S/C15H22N4O/c1-18(10-12-4-2-3-5-14(12)20)11-13-8-17-15-9-16-6-7-19(13)15/h6-9,12,14,20H,2-5,10-11H2,1H3. The van der Waals surface area contributed by atoms with Gasteiger partial charge in [-0.05, 0) is 25.8 Å². The Bertz CT molecular complexity index is 568. The second-order valence-corrected chi connectivity index (χ2v) is 5.86. The Hall–Kier alpha value is -1.46. The molecule has 20 heavy (non-hydrogen) atoms. The van der Waals surface area contributed by atoms with Crippen molar-refractivity contribution < 1.29 is 5.11 Å². The van der Waals surface area contributed by atoms with Gasteiger partial charge < -0.3 is 10.0 Å². The van der Waals surface area contributed by atoms with Crippen LogP contribution in [0.15, 0.2) is 24.8 Å². The van der Waals surface area contributed by atoms with Gasteiger partial charge in [0.2, 0.25) is 0 Å². The Kier molecular flexibility index (Phi) is 3.98. The van der Waals surface area contributed by atoms with E-state index in [2.05, 4.69) is 26.3 Å². The van der Waals surface area contributed by atoms with Crippen molar-refractivity contribution in [1.29, 1.82) is 0 Å². The molecule has 1 aliphatic carbocycles. The summed E-state index contributed by atoms with van der Waals surface area (Å²) in [6.45, 7) is 1.79. The lowest BCUT2D eigenvalue weighted by atomic mass is 9.86. The summed E-state index contributed by atoms with van der Waals surface area (Å²) in [5, 5.41) is 10.1. The van der Waals surface area contributed by atoms with Crippen molar-refractivity contribution >= 4 is 5.65 Å². The van der Waals surface area contributed by atoms with Crippen LogP contribution in [-0.2, 0) is 6.54 Å². The smallest absolute Gasteiger partial charge is 0.155 e. The second kappa shape index (κ2) is 5.89. The van der Waals surface area contributed by atoms with Crippen molar-refractivity contribution in [2.24, 2.45) is 5.92 Å². The van der Waals surface area contributed by atoms with E-state index in [1.54, 1.807) is 12.4 Å². The Morgan fingerprint density at radius 3 is 3.05 bits per heavy atom. The Morgan fingerprint density at radius 2 is 2.20 bits per heavy atom. The van der Waals surface area contributed by atoms with E-state index in [-0.39, 0.29) is 6.10 Å². The van der Waals surface area contributed by atoms with Gasteiger partial charge in [-0.1, -0.05) is 12.8 Å². The first-order valence-corrected chi connectivity index (χ1v) is 7.36. The first-order chi connectivity index (χ1) is 9.74. The van der Waals surface area contributed by atoms with Crippen LogP contribution in [0.25, 0.3) is 5.65 Å². The van der Waals surface area contributed by atoms with Crippen LogP contribution < -0.4 is 0 Å². The van der Waals surface area contributed by atoms with E-state index < -0.39 is 0 Å². The van der Waals surface area contributed by atoms with E-state index in [9.17, 15) is 5.11 Å². The summed E-state index contributed by atoms with van der Waals surface area (Å²) in [7, 11) is 2.11. The Labute approximate surface area is 119 Å². The molecule has 0 aliphatic heterocycles. The molecule has 2 heterocycles. The maximum Gasteiger partial charge on any atom is 0.155 e. The van der Waals surface area contributed by atoms with Crippen LogP contribution in [-0.4, -0.2) is 44.1 Å². The Balaban J connectivity index is 1.65. The summed E-state index contributed by atoms with van der Waals surface area (Å²) < 4.78 is 2.07. The van der Waals surface area contributed by atoms with Crippen LogP contribution >= 0.6 is 0 Å². The number of nitrogens with zero attached hydrogens (tertiary/aromatic N) is 4. The lowest BCUT2D eigenvalue weighted by Crippen LogP contribution is -2.34. The molecule has 1 aliphatic rings. The highest BCUT2D eigenvalue weighted by atomic mass is 16.3. The fourth-order valence-electron chi connectivity index (χ4n) is 3.15. The molecule has 0 bridgehead atoms. The second-order valence-electron chi connectivity index (χ2n) is 5.86. The highest BCUT2D eigenvalue weighted by molar-refractivity contribution is 5.36. The number of imidazole rings is 1. The summed E-state index contributed by atoms with van der Waals surface area (Å²) >= 11 is 0. The normalized spacial score (nSPS) is 23.6. The monoisotopic (exact) mass is 274 g/mol. The number of aromatic nitrogens is 3. The minimum atomic E-state index is -0.127. The molecule has 0 radical (unpaired) electrons. The van der Waals surface area contributed by atoms with Gasteiger partial charge in [0, 0.05) is 25.5 Å². The van der Waals surface area contributed by atoms with Crippen molar-refractivity contribution in [2.75, 3.05) is 13.6 Å². The number of rotatable bonds is 4. The SMILES string of the molecule is CN(Cc1cnc2cnccn12)CC1CCCCC1O.